The first-order valence-electron chi connectivity index (χ1n) is 5.58. The molecule has 0 radical (unpaired) electrons. The summed E-state index contributed by atoms with van der Waals surface area (Å²) in [6.45, 7) is 3.98. The second-order valence-electron chi connectivity index (χ2n) is 4.38. The molecule has 0 aliphatic heterocycles. The number of halogens is 1. The lowest BCUT2D eigenvalue weighted by Crippen LogP contribution is -2.00. The predicted molar refractivity (Wildman–Crippen MR) is 71.4 cm³/mol. The largest absolute Gasteiger partial charge is 0.384 e. The molecule has 0 fully saturated rings. The molecule has 1 atom stereocenters. The van der Waals surface area contributed by atoms with E-state index in [-0.39, 0.29) is 0 Å². The Labute approximate surface area is 107 Å². The van der Waals surface area contributed by atoms with Crippen LogP contribution < -0.4 is 0 Å². The number of aliphatic hydroxyl groups excluding tert-OH is 1. The quantitative estimate of drug-likeness (QED) is 0.848. The third kappa shape index (κ3) is 2.87. The minimum Gasteiger partial charge on any atom is -0.384 e. The average molecular weight is 247 g/mol. The van der Waals surface area contributed by atoms with Gasteiger partial charge in [-0.05, 0) is 42.7 Å². The van der Waals surface area contributed by atoms with E-state index >= 15 is 0 Å². The zero-order valence-corrected chi connectivity index (χ0v) is 10.7. The third-order valence-electron chi connectivity index (χ3n) is 2.74. The standard InChI is InChI=1S/C15H15ClO/c1-10-4-3-5-12(6-10)15(17)13-7-11(2)8-14(16)9-13/h3-9,15,17H,1-2H3. The minimum atomic E-state index is -0.618. The molecular weight excluding hydrogens is 232 g/mol. The zero-order chi connectivity index (χ0) is 12.4. The lowest BCUT2D eigenvalue weighted by Gasteiger charge is -2.13. The van der Waals surface area contributed by atoms with E-state index in [1.54, 1.807) is 0 Å². The number of benzene rings is 2. The van der Waals surface area contributed by atoms with E-state index in [9.17, 15) is 5.11 Å². The Morgan fingerprint density at radius 2 is 1.65 bits per heavy atom. The second-order valence-corrected chi connectivity index (χ2v) is 4.82. The molecular formula is C15H15ClO. The van der Waals surface area contributed by atoms with Gasteiger partial charge in [-0.2, -0.15) is 0 Å². The fourth-order valence-corrected chi connectivity index (χ4v) is 2.25. The summed E-state index contributed by atoms with van der Waals surface area (Å²) in [5.41, 5.74) is 3.92. The summed E-state index contributed by atoms with van der Waals surface area (Å²) in [4.78, 5) is 0. The highest BCUT2D eigenvalue weighted by atomic mass is 35.5. The molecule has 17 heavy (non-hydrogen) atoms. The predicted octanol–water partition coefficient (Wildman–Crippen LogP) is 4.04. The van der Waals surface area contributed by atoms with Crippen molar-refractivity contribution in [3.05, 3.63) is 69.7 Å². The van der Waals surface area contributed by atoms with Crippen LogP contribution in [0.15, 0.2) is 42.5 Å². The van der Waals surface area contributed by atoms with Crippen LogP contribution in [0, 0.1) is 13.8 Å². The molecule has 0 amide bonds. The molecule has 0 aliphatic carbocycles. The first-order chi connectivity index (χ1) is 8.06. The molecule has 2 rings (SSSR count). The topological polar surface area (TPSA) is 20.2 Å². The Bertz CT molecular complexity index is 514. The molecule has 0 saturated carbocycles. The van der Waals surface area contributed by atoms with Crippen LogP contribution in [0.4, 0.5) is 0 Å². The molecule has 0 heterocycles. The Morgan fingerprint density at radius 1 is 0.941 bits per heavy atom. The van der Waals surface area contributed by atoms with E-state index in [0.717, 1.165) is 22.3 Å². The van der Waals surface area contributed by atoms with E-state index in [4.69, 9.17) is 11.6 Å². The number of hydrogen-bond acceptors (Lipinski definition) is 1. The highest BCUT2D eigenvalue weighted by molar-refractivity contribution is 6.30. The van der Waals surface area contributed by atoms with Gasteiger partial charge in [0.05, 0.1) is 0 Å². The van der Waals surface area contributed by atoms with Crippen LogP contribution in [0.1, 0.15) is 28.4 Å². The van der Waals surface area contributed by atoms with Crippen LogP contribution in [-0.2, 0) is 0 Å². The lowest BCUT2D eigenvalue weighted by atomic mass is 9.99. The highest BCUT2D eigenvalue weighted by Gasteiger charge is 2.11. The van der Waals surface area contributed by atoms with E-state index in [1.165, 1.54) is 0 Å². The normalized spacial score (nSPS) is 12.5. The van der Waals surface area contributed by atoms with Gasteiger partial charge in [0.2, 0.25) is 0 Å². The number of rotatable bonds is 2. The Morgan fingerprint density at radius 3 is 2.29 bits per heavy atom. The molecule has 88 valence electrons. The maximum Gasteiger partial charge on any atom is 0.104 e. The number of aryl methyl sites for hydroxylation is 2. The summed E-state index contributed by atoms with van der Waals surface area (Å²) in [7, 11) is 0. The van der Waals surface area contributed by atoms with Gasteiger partial charge in [0.25, 0.3) is 0 Å². The summed E-state index contributed by atoms with van der Waals surface area (Å²) in [5, 5.41) is 11.0. The summed E-state index contributed by atoms with van der Waals surface area (Å²) in [5.74, 6) is 0. The smallest absolute Gasteiger partial charge is 0.104 e. The van der Waals surface area contributed by atoms with Crippen molar-refractivity contribution < 1.29 is 5.11 Å². The zero-order valence-electron chi connectivity index (χ0n) is 9.94. The van der Waals surface area contributed by atoms with Crippen molar-refractivity contribution in [2.75, 3.05) is 0 Å². The van der Waals surface area contributed by atoms with Crippen molar-refractivity contribution in [3.8, 4) is 0 Å². The minimum absolute atomic E-state index is 0.618. The maximum atomic E-state index is 10.3. The van der Waals surface area contributed by atoms with E-state index in [2.05, 4.69) is 0 Å². The fourth-order valence-electron chi connectivity index (χ4n) is 1.96. The fraction of sp³-hybridized carbons (Fsp3) is 0.200. The van der Waals surface area contributed by atoms with Gasteiger partial charge >= 0.3 is 0 Å². The molecule has 2 heteroatoms. The SMILES string of the molecule is Cc1cccc(C(O)c2cc(C)cc(Cl)c2)c1. The Kier molecular flexibility index (Phi) is 3.51. The van der Waals surface area contributed by atoms with Crippen molar-refractivity contribution in [1.82, 2.24) is 0 Å². The van der Waals surface area contributed by atoms with Gasteiger partial charge in [-0.1, -0.05) is 47.5 Å². The van der Waals surface area contributed by atoms with E-state index < -0.39 is 6.10 Å². The molecule has 1 nitrogen and oxygen atoms in total. The summed E-state index contributed by atoms with van der Waals surface area (Å²) in [6.07, 6.45) is -0.618. The van der Waals surface area contributed by atoms with Crippen molar-refractivity contribution >= 4 is 11.6 Å². The first-order valence-corrected chi connectivity index (χ1v) is 5.96. The van der Waals surface area contributed by atoms with Crippen LogP contribution in [0.5, 0.6) is 0 Å². The van der Waals surface area contributed by atoms with Crippen LogP contribution in [0.2, 0.25) is 5.02 Å². The molecule has 2 aromatic rings. The summed E-state index contributed by atoms with van der Waals surface area (Å²) >= 11 is 6.00. The monoisotopic (exact) mass is 246 g/mol. The molecule has 1 N–H and O–H groups in total. The van der Waals surface area contributed by atoms with Crippen LogP contribution in [0.25, 0.3) is 0 Å². The van der Waals surface area contributed by atoms with Gasteiger partial charge in [-0.25, -0.2) is 0 Å². The number of aliphatic hydroxyl groups is 1. The van der Waals surface area contributed by atoms with Crippen LogP contribution in [-0.4, -0.2) is 5.11 Å². The molecule has 2 aromatic carbocycles. The van der Waals surface area contributed by atoms with Crippen molar-refractivity contribution in [2.45, 2.75) is 20.0 Å². The average Bonchev–Trinajstić information content (AvgIpc) is 2.26. The Balaban J connectivity index is 2.39. The molecule has 0 bridgehead atoms. The molecule has 0 saturated heterocycles. The lowest BCUT2D eigenvalue weighted by molar-refractivity contribution is 0.220. The van der Waals surface area contributed by atoms with Gasteiger partial charge in [-0.3, -0.25) is 0 Å². The number of hydrogen-bond donors (Lipinski definition) is 1. The Hall–Kier alpha value is -1.31. The summed E-state index contributed by atoms with van der Waals surface area (Å²) < 4.78 is 0. The molecule has 0 spiro atoms. The van der Waals surface area contributed by atoms with Crippen molar-refractivity contribution in [3.63, 3.8) is 0 Å². The molecule has 0 aromatic heterocycles. The summed E-state index contributed by atoms with van der Waals surface area (Å²) in [6, 6.07) is 13.5. The van der Waals surface area contributed by atoms with Gasteiger partial charge in [0.15, 0.2) is 0 Å². The van der Waals surface area contributed by atoms with Gasteiger partial charge < -0.3 is 5.11 Å². The van der Waals surface area contributed by atoms with Crippen molar-refractivity contribution in [1.29, 1.82) is 0 Å². The first kappa shape index (κ1) is 12.2. The van der Waals surface area contributed by atoms with Crippen molar-refractivity contribution in [2.24, 2.45) is 0 Å². The molecule has 0 aliphatic rings. The van der Waals surface area contributed by atoms with E-state index in [1.807, 2.05) is 56.3 Å². The van der Waals surface area contributed by atoms with Gasteiger partial charge in [0, 0.05) is 5.02 Å². The van der Waals surface area contributed by atoms with Gasteiger partial charge in [-0.15, -0.1) is 0 Å². The van der Waals surface area contributed by atoms with Gasteiger partial charge in [0.1, 0.15) is 6.10 Å². The third-order valence-corrected chi connectivity index (χ3v) is 2.96. The highest BCUT2D eigenvalue weighted by Crippen LogP contribution is 2.26. The van der Waals surface area contributed by atoms with E-state index in [0.29, 0.717) is 5.02 Å². The molecule has 1 unspecified atom stereocenters. The van der Waals surface area contributed by atoms with Crippen LogP contribution in [0.3, 0.4) is 0 Å². The second kappa shape index (κ2) is 4.91. The maximum absolute atomic E-state index is 10.3. The van der Waals surface area contributed by atoms with Crippen LogP contribution >= 0.6 is 11.6 Å².